The molecule has 132 valence electrons. The molecule has 7 heteroatoms. The zero-order valence-corrected chi connectivity index (χ0v) is 14.6. The van der Waals surface area contributed by atoms with Gasteiger partial charge in [0.25, 0.3) is 0 Å². The Kier molecular flexibility index (Phi) is 5.54. The first-order valence-electron chi connectivity index (χ1n) is 7.96. The van der Waals surface area contributed by atoms with Crippen LogP contribution in [0.4, 0.5) is 15.3 Å². The average molecular weight is 335 g/mol. The highest BCUT2D eigenvalue weighted by Crippen LogP contribution is 2.17. The van der Waals surface area contributed by atoms with Crippen LogP contribution < -0.4 is 15.4 Å². The van der Waals surface area contributed by atoms with Gasteiger partial charge < -0.3 is 25.0 Å². The molecule has 2 N–H and O–H groups in total. The van der Waals surface area contributed by atoms with E-state index in [1.165, 1.54) is 0 Å². The summed E-state index contributed by atoms with van der Waals surface area (Å²) in [5.74, 6) is 0.727. The molecular formula is C17H25N3O4. The molecule has 0 bridgehead atoms. The molecule has 1 atom stereocenters. The smallest absolute Gasteiger partial charge is 0.410 e. The molecule has 2 rings (SSSR count). The number of anilines is 1. The van der Waals surface area contributed by atoms with Crippen molar-refractivity contribution in [1.82, 2.24) is 10.2 Å². The number of methoxy groups -OCH3 is 1. The molecule has 1 aromatic rings. The lowest BCUT2D eigenvalue weighted by molar-refractivity contribution is 0.0291. The topological polar surface area (TPSA) is 79.9 Å². The van der Waals surface area contributed by atoms with Gasteiger partial charge in [-0.05, 0) is 51.5 Å². The van der Waals surface area contributed by atoms with E-state index in [0.717, 1.165) is 5.75 Å². The van der Waals surface area contributed by atoms with Gasteiger partial charge in [-0.1, -0.05) is 0 Å². The fourth-order valence-corrected chi connectivity index (χ4v) is 2.40. The number of carbonyl (C=O) groups is 2. The second kappa shape index (κ2) is 7.42. The normalized spacial score (nSPS) is 17.3. The average Bonchev–Trinajstić information content (AvgIpc) is 2.95. The maximum Gasteiger partial charge on any atom is 0.410 e. The molecule has 1 saturated heterocycles. The molecular weight excluding hydrogens is 310 g/mol. The predicted molar refractivity (Wildman–Crippen MR) is 91.4 cm³/mol. The highest BCUT2D eigenvalue weighted by Gasteiger charge is 2.30. The number of likely N-dealkylation sites (tertiary alicyclic amines) is 1. The maximum absolute atomic E-state index is 12.0. The van der Waals surface area contributed by atoms with E-state index in [1.807, 2.05) is 20.8 Å². The third-order valence-corrected chi connectivity index (χ3v) is 3.52. The highest BCUT2D eigenvalue weighted by molar-refractivity contribution is 5.89. The van der Waals surface area contributed by atoms with Crippen LogP contribution in [0.1, 0.15) is 27.2 Å². The Balaban J connectivity index is 1.79. The number of amides is 3. The van der Waals surface area contributed by atoms with Crippen LogP contribution in [0.2, 0.25) is 0 Å². The molecule has 0 radical (unpaired) electrons. The summed E-state index contributed by atoms with van der Waals surface area (Å²) >= 11 is 0. The molecule has 24 heavy (non-hydrogen) atoms. The summed E-state index contributed by atoms with van der Waals surface area (Å²) in [4.78, 5) is 25.7. The SMILES string of the molecule is COc1ccc(NC(=O)N[C@@H]2CCN(C(=O)OC(C)(C)C)C2)cc1. The van der Waals surface area contributed by atoms with Crippen molar-refractivity contribution in [2.24, 2.45) is 0 Å². The quantitative estimate of drug-likeness (QED) is 0.890. The summed E-state index contributed by atoms with van der Waals surface area (Å²) in [7, 11) is 1.59. The van der Waals surface area contributed by atoms with E-state index in [4.69, 9.17) is 9.47 Å². The van der Waals surface area contributed by atoms with Gasteiger partial charge in [-0.25, -0.2) is 9.59 Å². The maximum atomic E-state index is 12.0. The van der Waals surface area contributed by atoms with E-state index < -0.39 is 5.60 Å². The molecule has 0 spiro atoms. The minimum atomic E-state index is -0.520. The van der Waals surface area contributed by atoms with Crippen molar-refractivity contribution in [3.05, 3.63) is 24.3 Å². The van der Waals surface area contributed by atoms with E-state index >= 15 is 0 Å². The summed E-state index contributed by atoms with van der Waals surface area (Å²) < 4.78 is 10.4. The molecule has 1 fully saturated rings. The summed E-state index contributed by atoms with van der Waals surface area (Å²) in [5, 5.41) is 5.64. The Morgan fingerprint density at radius 1 is 1.21 bits per heavy atom. The van der Waals surface area contributed by atoms with Crippen LogP contribution in [-0.4, -0.2) is 48.9 Å². The number of nitrogens with one attached hydrogen (secondary N) is 2. The van der Waals surface area contributed by atoms with Gasteiger partial charge in [0.1, 0.15) is 11.4 Å². The van der Waals surface area contributed by atoms with Gasteiger partial charge in [0.2, 0.25) is 0 Å². The van der Waals surface area contributed by atoms with Crippen molar-refractivity contribution in [3.8, 4) is 5.75 Å². The third-order valence-electron chi connectivity index (χ3n) is 3.52. The van der Waals surface area contributed by atoms with Crippen LogP contribution in [-0.2, 0) is 4.74 Å². The predicted octanol–water partition coefficient (Wildman–Crippen LogP) is 2.83. The Morgan fingerprint density at radius 3 is 2.46 bits per heavy atom. The number of urea groups is 1. The van der Waals surface area contributed by atoms with Gasteiger partial charge in [0, 0.05) is 24.8 Å². The summed E-state index contributed by atoms with van der Waals surface area (Å²) in [5.41, 5.74) is 0.157. The molecule has 3 amide bonds. The van der Waals surface area contributed by atoms with Crippen molar-refractivity contribution in [1.29, 1.82) is 0 Å². The van der Waals surface area contributed by atoms with Gasteiger partial charge in [-0.2, -0.15) is 0 Å². The molecule has 0 unspecified atom stereocenters. The Labute approximate surface area is 142 Å². The van der Waals surface area contributed by atoms with Gasteiger partial charge in [0.05, 0.1) is 7.11 Å². The number of ether oxygens (including phenoxy) is 2. The van der Waals surface area contributed by atoms with Crippen molar-refractivity contribution >= 4 is 17.8 Å². The highest BCUT2D eigenvalue weighted by atomic mass is 16.6. The van der Waals surface area contributed by atoms with Crippen molar-refractivity contribution in [2.45, 2.75) is 38.8 Å². The van der Waals surface area contributed by atoms with Crippen molar-refractivity contribution < 1.29 is 19.1 Å². The second-order valence-corrected chi connectivity index (χ2v) is 6.74. The molecule has 1 aliphatic heterocycles. The molecule has 7 nitrogen and oxygen atoms in total. The standard InChI is InChI=1S/C17H25N3O4/c1-17(2,3)24-16(22)20-10-9-13(11-20)19-15(21)18-12-5-7-14(23-4)8-6-12/h5-8,13H,9-11H2,1-4H3,(H2,18,19,21)/t13-/m1/s1. The van der Waals surface area contributed by atoms with E-state index in [-0.39, 0.29) is 18.2 Å². The molecule has 0 aliphatic carbocycles. The van der Waals surface area contributed by atoms with Gasteiger partial charge in [0.15, 0.2) is 0 Å². The van der Waals surface area contributed by atoms with Crippen LogP contribution >= 0.6 is 0 Å². The van der Waals surface area contributed by atoms with E-state index in [1.54, 1.807) is 36.3 Å². The molecule has 1 aliphatic rings. The largest absolute Gasteiger partial charge is 0.497 e. The fourth-order valence-electron chi connectivity index (χ4n) is 2.40. The van der Waals surface area contributed by atoms with Crippen LogP contribution in [0.3, 0.4) is 0 Å². The molecule has 1 aromatic carbocycles. The molecule has 0 saturated carbocycles. The number of rotatable bonds is 3. The Hall–Kier alpha value is -2.44. The fraction of sp³-hybridized carbons (Fsp3) is 0.529. The summed E-state index contributed by atoms with van der Waals surface area (Å²) in [6.07, 6.45) is 0.359. The van der Waals surface area contributed by atoms with E-state index in [9.17, 15) is 9.59 Å². The van der Waals surface area contributed by atoms with Crippen LogP contribution in [0.15, 0.2) is 24.3 Å². The number of benzene rings is 1. The lowest BCUT2D eigenvalue weighted by atomic mass is 10.2. The van der Waals surface area contributed by atoms with Crippen molar-refractivity contribution in [2.75, 3.05) is 25.5 Å². The van der Waals surface area contributed by atoms with E-state index in [2.05, 4.69) is 10.6 Å². The first kappa shape index (κ1) is 17.9. The van der Waals surface area contributed by atoms with Crippen LogP contribution in [0.5, 0.6) is 5.75 Å². The number of hydrogen-bond donors (Lipinski definition) is 2. The number of nitrogens with zero attached hydrogens (tertiary/aromatic N) is 1. The first-order valence-corrected chi connectivity index (χ1v) is 7.96. The Bertz CT molecular complexity index is 580. The van der Waals surface area contributed by atoms with Crippen LogP contribution in [0, 0.1) is 0 Å². The zero-order valence-electron chi connectivity index (χ0n) is 14.6. The van der Waals surface area contributed by atoms with E-state index in [0.29, 0.717) is 25.2 Å². The monoisotopic (exact) mass is 335 g/mol. The lowest BCUT2D eigenvalue weighted by Crippen LogP contribution is -2.41. The minimum Gasteiger partial charge on any atom is -0.497 e. The van der Waals surface area contributed by atoms with Gasteiger partial charge >= 0.3 is 12.1 Å². The lowest BCUT2D eigenvalue weighted by Gasteiger charge is -2.24. The summed E-state index contributed by atoms with van der Waals surface area (Å²) in [6, 6.07) is 6.69. The first-order chi connectivity index (χ1) is 11.3. The molecule has 0 aromatic heterocycles. The minimum absolute atomic E-state index is 0.0873. The second-order valence-electron chi connectivity index (χ2n) is 6.74. The van der Waals surface area contributed by atoms with Gasteiger partial charge in [-0.15, -0.1) is 0 Å². The molecule has 1 heterocycles. The van der Waals surface area contributed by atoms with Crippen LogP contribution in [0.25, 0.3) is 0 Å². The zero-order chi connectivity index (χ0) is 17.7. The van der Waals surface area contributed by atoms with Crippen molar-refractivity contribution in [3.63, 3.8) is 0 Å². The Morgan fingerprint density at radius 2 is 1.88 bits per heavy atom. The third kappa shape index (κ3) is 5.33. The number of carbonyl (C=O) groups excluding carboxylic acids is 2. The number of hydrogen-bond acceptors (Lipinski definition) is 4. The summed E-state index contributed by atoms with van der Waals surface area (Å²) in [6.45, 7) is 6.52. The van der Waals surface area contributed by atoms with Gasteiger partial charge in [-0.3, -0.25) is 0 Å².